The number of aromatic nitrogens is 1. The average molecular weight is 410 g/mol. The normalized spacial score (nSPS) is 11.1. The molecule has 0 aliphatic heterocycles. The van der Waals surface area contributed by atoms with Crippen LogP contribution in [0.1, 0.15) is 32.3 Å². The molecule has 128 valence electrons. The van der Waals surface area contributed by atoms with Gasteiger partial charge in [-0.2, -0.15) is 0 Å². The lowest BCUT2D eigenvalue weighted by Gasteiger charge is -2.26. The predicted octanol–water partition coefficient (Wildman–Crippen LogP) is 3.72. The van der Waals surface area contributed by atoms with E-state index in [4.69, 9.17) is 0 Å². The Morgan fingerprint density at radius 3 is 2.67 bits per heavy atom. The summed E-state index contributed by atoms with van der Waals surface area (Å²) in [6, 6.07) is 8.04. The monoisotopic (exact) mass is 409 g/mol. The summed E-state index contributed by atoms with van der Waals surface area (Å²) in [4.78, 5) is 27.7. The van der Waals surface area contributed by atoms with Crippen molar-refractivity contribution < 1.29 is 9.59 Å². The molecule has 2 N–H and O–H groups in total. The quantitative estimate of drug-likeness (QED) is 0.731. The highest BCUT2D eigenvalue weighted by Crippen LogP contribution is 2.25. The lowest BCUT2D eigenvalue weighted by molar-refractivity contribution is -0.124. The van der Waals surface area contributed by atoms with E-state index < -0.39 is 0 Å². The van der Waals surface area contributed by atoms with Crippen molar-refractivity contribution in [3.8, 4) is 0 Å². The third-order valence-electron chi connectivity index (χ3n) is 3.59. The van der Waals surface area contributed by atoms with Crippen molar-refractivity contribution in [1.29, 1.82) is 0 Å². The highest BCUT2D eigenvalue weighted by molar-refractivity contribution is 9.10. The molecule has 2 amide bonds. The molecule has 0 bridgehead atoms. The number of hydrogen-bond donors (Lipinski definition) is 2. The van der Waals surface area contributed by atoms with E-state index in [1.54, 1.807) is 11.6 Å². The second-order valence-corrected chi connectivity index (χ2v) is 7.87. The number of hydrogen-bond acceptors (Lipinski definition) is 4. The summed E-state index contributed by atoms with van der Waals surface area (Å²) in [5, 5.41) is 7.91. The van der Waals surface area contributed by atoms with Gasteiger partial charge in [-0.25, -0.2) is 4.98 Å². The number of anilines is 1. The second kappa shape index (κ2) is 8.39. The van der Waals surface area contributed by atoms with Crippen molar-refractivity contribution >= 4 is 44.2 Å². The van der Waals surface area contributed by atoms with E-state index in [-0.39, 0.29) is 30.1 Å². The van der Waals surface area contributed by atoms with Gasteiger partial charge in [0.25, 0.3) is 0 Å². The summed E-state index contributed by atoms with van der Waals surface area (Å²) >= 11 is 4.81. The first-order valence-electron chi connectivity index (χ1n) is 7.59. The van der Waals surface area contributed by atoms with Gasteiger partial charge in [-0.15, -0.1) is 11.3 Å². The van der Waals surface area contributed by atoms with E-state index in [2.05, 4.69) is 45.4 Å². The lowest BCUT2D eigenvalue weighted by Crippen LogP contribution is -2.36. The fourth-order valence-electron chi connectivity index (χ4n) is 2.11. The lowest BCUT2D eigenvalue weighted by atomic mass is 9.84. The molecule has 0 radical (unpaired) electrons. The standard InChI is InChI=1S/C17H20BrN3O2S/c1-17(2,12-4-3-5-13(18)10-12)11-20-14(22)6-7-15(23)21-16-19-8-9-24-16/h3-5,8-10H,6-7,11H2,1-2H3,(H,20,22)(H,19,21,23). The summed E-state index contributed by atoms with van der Waals surface area (Å²) in [5.41, 5.74) is 0.946. The van der Waals surface area contributed by atoms with Crippen LogP contribution in [-0.2, 0) is 15.0 Å². The average Bonchev–Trinajstić information content (AvgIpc) is 3.04. The highest BCUT2D eigenvalue weighted by atomic mass is 79.9. The van der Waals surface area contributed by atoms with Gasteiger partial charge < -0.3 is 10.6 Å². The Balaban J connectivity index is 1.77. The van der Waals surface area contributed by atoms with Gasteiger partial charge in [0.15, 0.2) is 5.13 Å². The molecule has 1 aromatic heterocycles. The maximum absolute atomic E-state index is 12.0. The number of thiazole rings is 1. The summed E-state index contributed by atoms with van der Waals surface area (Å²) in [6.07, 6.45) is 1.92. The first kappa shape index (κ1) is 18.6. The zero-order chi connectivity index (χ0) is 17.6. The zero-order valence-corrected chi connectivity index (χ0v) is 16.0. The molecule has 2 aromatic rings. The minimum atomic E-state index is -0.202. The molecule has 1 aromatic carbocycles. The summed E-state index contributed by atoms with van der Waals surface area (Å²) in [7, 11) is 0. The molecule has 0 saturated heterocycles. The van der Waals surface area contributed by atoms with Crippen molar-refractivity contribution in [2.24, 2.45) is 0 Å². The minimum absolute atomic E-state index is 0.132. The third-order valence-corrected chi connectivity index (χ3v) is 4.77. The molecular formula is C17H20BrN3O2S. The van der Waals surface area contributed by atoms with Gasteiger partial charge in [0.05, 0.1) is 0 Å². The third kappa shape index (κ3) is 5.72. The van der Waals surface area contributed by atoms with E-state index in [1.807, 2.05) is 24.3 Å². The van der Waals surface area contributed by atoms with Crippen molar-refractivity contribution in [3.05, 3.63) is 45.9 Å². The van der Waals surface area contributed by atoms with E-state index >= 15 is 0 Å². The molecule has 1 heterocycles. The van der Waals surface area contributed by atoms with Crippen LogP contribution in [-0.4, -0.2) is 23.3 Å². The second-order valence-electron chi connectivity index (χ2n) is 6.06. The Morgan fingerprint density at radius 1 is 1.25 bits per heavy atom. The van der Waals surface area contributed by atoms with Crippen LogP contribution in [0.25, 0.3) is 0 Å². The summed E-state index contributed by atoms with van der Waals surface area (Å²) in [5.74, 6) is -0.335. The minimum Gasteiger partial charge on any atom is -0.355 e. The highest BCUT2D eigenvalue weighted by Gasteiger charge is 2.21. The molecule has 0 aliphatic carbocycles. The van der Waals surface area contributed by atoms with Gasteiger partial charge in [-0.05, 0) is 17.7 Å². The molecule has 24 heavy (non-hydrogen) atoms. The largest absolute Gasteiger partial charge is 0.355 e. The van der Waals surface area contributed by atoms with E-state index in [1.165, 1.54) is 11.3 Å². The number of amides is 2. The Morgan fingerprint density at radius 2 is 2.00 bits per heavy atom. The van der Waals surface area contributed by atoms with E-state index in [9.17, 15) is 9.59 Å². The van der Waals surface area contributed by atoms with Gasteiger partial charge in [0.2, 0.25) is 11.8 Å². The molecule has 7 heteroatoms. The fourth-order valence-corrected chi connectivity index (χ4v) is 3.06. The van der Waals surface area contributed by atoms with E-state index in [0.717, 1.165) is 10.0 Å². The number of nitrogens with one attached hydrogen (secondary N) is 2. The number of carbonyl (C=O) groups excluding carboxylic acids is 2. The summed E-state index contributed by atoms with van der Waals surface area (Å²) < 4.78 is 1.01. The molecule has 0 aliphatic rings. The maximum atomic E-state index is 12.0. The van der Waals surface area contributed by atoms with Crippen LogP contribution in [0.5, 0.6) is 0 Å². The van der Waals surface area contributed by atoms with Crippen LogP contribution in [0.15, 0.2) is 40.3 Å². The Bertz CT molecular complexity index is 702. The molecule has 0 spiro atoms. The number of halogens is 1. The zero-order valence-electron chi connectivity index (χ0n) is 13.6. The van der Waals surface area contributed by atoms with Gasteiger partial charge in [0, 0.05) is 40.9 Å². The van der Waals surface area contributed by atoms with Crippen LogP contribution in [0, 0.1) is 0 Å². The first-order valence-corrected chi connectivity index (χ1v) is 9.26. The molecule has 0 saturated carbocycles. The molecule has 0 atom stereocenters. The molecule has 0 fully saturated rings. The molecular weight excluding hydrogens is 390 g/mol. The smallest absolute Gasteiger partial charge is 0.226 e. The SMILES string of the molecule is CC(C)(CNC(=O)CCC(=O)Nc1nccs1)c1cccc(Br)c1. The van der Waals surface area contributed by atoms with Crippen LogP contribution in [0.2, 0.25) is 0 Å². The van der Waals surface area contributed by atoms with Crippen LogP contribution in [0.3, 0.4) is 0 Å². The molecule has 5 nitrogen and oxygen atoms in total. The van der Waals surface area contributed by atoms with Gasteiger partial charge in [0.1, 0.15) is 0 Å². The van der Waals surface area contributed by atoms with Crippen LogP contribution in [0.4, 0.5) is 5.13 Å². The molecule has 2 rings (SSSR count). The molecule has 0 unspecified atom stereocenters. The fraction of sp³-hybridized carbons (Fsp3) is 0.353. The Labute approximate surface area is 154 Å². The number of nitrogens with zero attached hydrogens (tertiary/aromatic N) is 1. The van der Waals surface area contributed by atoms with Crippen molar-refractivity contribution in [2.75, 3.05) is 11.9 Å². The predicted molar refractivity (Wildman–Crippen MR) is 100 cm³/mol. The van der Waals surface area contributed by atoms with Crippen molar-refractivity contribution in [1.82, 2.24) is 10.3 Å². The Hall–Kier alpha value is -1.73. The van der Waals surface area contributed by atoms with Crippen molar-refractivity contribution in [3.63, 3.8) is 0 Å². The topological polar surface area (TPSA) is 71.1 Å². The van der Waals surface area contributed by atoms with Crippen molar-refractivity contribution in [2.45, 2.75) is 32.1 Å². The Kier molecular flexibility index (Phi) is 6.51. The van der Waals surface area contributed by atoms with Gasteiger partial charge >= 0.3 is 0 Å². The number of carbonyl (C=O) groups is 2. The van der Waals surface area contributed by atoms with Crippen LogP contribution < -0.4 is 10.6 Å². The van der Waals surface area contributed by atoms with Gasteiger partial charge in [-0.1, -0.05) is 41.9 Å². The number of benzene rings is 1. The summed E-state index contributed by atoms with van der Waals surface area (Å²) in [6.45, 7) is 4.66. The van der Waals surface area contributed by atoms with E-state index in [0.29, 0.717) is 11.7 Å². The van der Waals surface area contributed by atoms with Gasteiger partial charge in [-0.3, -0.25) is 9.59 Å². The first-order chi connectivity index (χ1) is 11.4. The number of rotatable bonds is 7. The maximum Gasteiger partial charge on any atom is 0.226 e. The van der Waals surface area contributed by atoms with Crippen LogP contribution >= 0.6 is 27.3 Å².